The molecule has 0 spiro atoms. The Kier molecular flexibility index (Phi) is 4.51. The molecule has 1 nitrogen and oxygen atoms in total. The van der Waals surface area contributed by atoms with E-state index in [1.165, 1.54) is 24.8 Å². The summed E-state index contributed by atoms with van der Waals surface area (Å²) in [5.41, 5.74) is 1.41. The van der Waals surface area contributed by atoms with E-state index in [9.17, 15) is 0 Å². The Morgan fingerprint density at radius 3 is 2.36 bits per heavy atom. The molecule has 0 bridgehead atoms. The Labute approximate surface area is 87.1 Å². The lowest BCUT2D eigenvalue weighted by Crippen LogP contribution is -1.95. The smallest absolute Gasteiger partial charge is 0.118 e. The molecule has 1 aromatic carbocycles. The maximum Gasteiger partial charge on any atom is 0.118 e. The van der Waals surface area contributed by atoms with E-state index in [0.717, 1.165) is 11.7 Å². The zero-order chi connectivity index (χ0) is 10.4. The molecule has 1 heteroatoms. The Balaban J connectivity index is 2.43. The number of hydrogen-bond donors (Lipinski definition) is 0. The Morgan fingerprint density at radius 1 is 1.21 bits per heavy atom. The molecule has 78 valence electrons. The van der Waals surface area contributed by atoms with Gasteiger partial charge in [-0.15, -0.1) is 0 Å². The SMILES string of the molecule is CCC(C)CCc1ccc(OC)cc1. The number of methoxy groups -OCH3 is 1. The van der Waals surface area contributed by atoms with Crippen molar-refractivity contribution in [3.8, 4) is 5.75 Å². The topological polar surface area (TPSA) is 9.23 Å². The van der Waals surface area contributed by atoms with Crippen molar-refractivity contribution in [2.45, 2.75) is 33.1 Å². The van der Waals surface area contributed by atoms with Crippen LogP contribution < -0.4 is 4.74 Å². The first-order valence-electron chi connectivity index (χ1n) is 5.39. The van der Waals surface area contributed by atoms with Crippen LogP contribution in [0.3, 0.4) is 0 Å². The van der Waals surface area contributed by atoms with Crippen molar-refractivity contribution in [3.63, 3.8) is 0 Å². The summed E-state index contributed by atoms with van der Waals surface area (Å²) in [6.07, 6.45) is 3.73. The van der Waals surface area contributed by atoms with E-state index in [2.05, 4.69) is 26.0 Å². The van der Waals surface area contributed by atoms with Gasteiger partial charge in [0, 0.05) is 0 Å². The van der Waals surface area contributed by atoms with Crippen LogP contribution in [0.5, 0.6) is 5.75 Å². The normalized spacial score (nSPS) is 12.5. The van der Waals surface area contributed by atoms with Crippen LogP contribution in [0, 0.1) is 5.92 Å². The molecular weight excluding hydrogens is 172 g/mol. The molecule has 0 radical (unpaired) electrons. The van der Waals surface area contributed by atoms with E-state index in [0.29, 0.717) is 0 Å². The second-order valence-electron chi connectivity index (χ2n) is 3.90. The van der Waals surface area contributed by atoms with E-state index < -0.39 is 0 Å². The third-order valence-electron chi connectivity index (χ3n) is 2.78. The molecule has 0 fully saturated rings. The first-order chi connectivity index (χ1) is 6.76. The summed E-state index contributed by atoms with van der Waals surface area (Å²) in [5.74, 6) is 1.77. The number of ether oxygens (including phenoxy) is 1. The van der Waals surface area contributed by atoms with Crippen LogP contribution in [0.15, 0.2) is 24.3 Å². The summed E-state index contributed by atoms with van der Waals surface area (Å²) in [4.78, 5) is 0. The van der Waals surface area contributed by atoms with Gasteiger partial charge in [-0.1, -0.05) is 32.4 Å². The van der Waals surface area contributed by atoms with Gasteiger partial charge in [0.2, 0.25) is 0 Å². The summed E-state index contributed by atoms with van der Waals surface area (Å²) in [6, 6.07) is 8.38. The highest BCUT2D eigenvalue weighted by Gasteiger charge is 2.00. The van der Waals surface area contributed by atoms with Gasteiger partial charge in [-0.25, -0.2) is 0 Å². The molecule has 0 N–H and O–H groups in total. The monoisotopic (exact) mass is 192 g/mol. The van der Waals surface area contributed by atoms with Gasteiger partial charge in [-0.2, -0.15) is 0 Å². The standard InChI is InChI=1S/C13H20O/c1-4-11(2)5-6-12-7-9-13(14-3)10-8-12/h7-11H,4-6H2,1-3H3. The van der Waals surface area contributed by atoms with Gasteiger partial charge >= 0.3 is 0 Å². The van der Waals surface area contributed by atoms with E-state index >= 15 is 0 Å². The van der Waals surface area contributed by atoms with E-state index in [-0.39, 0.29) is 0 Å². The van der Waals surface area contributed by atoms with Crippen molar-refractivity contribution in [1.82, 2.24) is 0 Å². The molecular formula is C13H20O. The fourth-order valence-electron chi connectivity index (χ4n) is 1.41. The molecule has 0 aliphatic carbocycles. The van der Waals surface area contributed by atoms with Crippen LogP contribution in [-0.4, -0.2) is 7.11 Å². The molecule has 1 atom stereocenters. The van der Waals surface area contributed by atoms with E-state index in [1.54, 1.807) is 7.11 Å². The minimum atomic E-state index is 0.831. The lowest BCUT2D eigenvalue weighted by Gasteiger charge is -2.08. The van der Waals surface area contributed by atoms with Crippen molar-refractivity contribution in [1.29, 1.82) is 0 Å². The number of rotatable bonds is 5. The molecule has 1 aromatic rings. The van der Waals surface area contributed by atoms with E-state index in [4.69, 9.17) is 4.74 Å². The quantitative estimate of drug-likeness (QED) is 0.691. The molecule has 0 saturated carbocycles. The van der Waals surface area contributed by atoms with Crippen molar-refractivity contribution in [3.05, 3.63) is 29.8 Å². The molecule has 0 aliphatic rings. The average molecular weight is 192 g/mol. The van der Waals surface area contributed by atoms with Crippen LogP contribution >= 0.6 is 0 Å². The van der Waals surface area contributed by atoms with Gasteiger partial charge in [0.1, 0.15) is 5.75 Å². The summed E-state index contributed by atoms with van der Waals surface area (Å²) in [7, 11) is 1.70. The largest absolute Gasteiger partial charge is 0.497 e. The average Bonchev–Trinajstić information content (AvgIpc) is 2.26. The molecule has 1 rings (SSSR count). The Hall–Kier alpha value is -0.980. The van der Waals surface area contributed by atoms with Crippen molar-refractivity contribution in [2.75, 3.05) is 7.11 Å². The lowest BCUT2D eigenvalue weighted by molar-refractivity contribution is 0.414. The number of benzene rings is 1. The van der Waals surface area contributed by atoms with Gasteiger partial charge in [-0.05, 0) is 36.5 Å². The van der Waals surface area contributed by atoms with Crippen LogP contribution in [0.1, 0.15) is 32.3 Å². The van der Waals surface area contributed by atoms with Gasteiger partial charge in [0.05, 0.1) is 7.11 Å². The molecule has 0 aliphatic heterocycles. The molecule has 0 heterocycles. The van der Waals surface area contributed by atoms with Crippen LogP contribution in [0.25, 0.3) is 0 Å². The van der Waals surface area contributed by atoms with Gasteiger partial charge in [0.25, 0.3) is 0 Å². The first kappa shape index (κ1) is 11.1. The highest BCUT2D eigenvalue weighted by molar-refractivity contribution is 5.27. The highest BCUT2D eigenvalue weighted by Crippen LogP contribution is 2.15. The van der Waals surface area contributed by atoms with Gasteiger partial charge < -0.3 is 4.74 Å². The third-order valence-corrected chi connectivity index (χ3v) is 2.78. The van der Waals surface area contributed by atoms with Crippen molar-refractivity contribution >= 4 is 0 Å². The second kappa shape index (κ2) is 5.69. The zero-order valence-electron chi connectivity index (χ0n) is 9.42. The van der Waals surface area contributed by atoms with Gasteiger partial charge in [0.15, 0.2) is 0 Å². The molecule has 1 unspecified atom stereocenters. The van der Waals surface area contributed by atoms with Crippen molar-refractivity contribution in [2.24, 2.45) is 5.92 Å². The highest BCUT2D eigenvalue weighted by atomic mass is 16.5. The minimum Gasteiger partial charge on any atom is -0.497 e. The first-order valence-corrected chi connectivity index (χ1v) is 5.39. The second-order valence-corrected chi connectivity index (χ2v) is 3.90. The molecule has 14 heavy (non-hydrogen) atoms. The third kappa shape index (κ3) is 3.41. The lowest BCUT2D eigenvalue weighted by atomic mass is 9.99. The summed E-state index contributed by atoms with van der Waals surface area (Å²) in [6.45, 7) is 4.56. The minimum absolute atomic E-state index is 0.831. The van der Waals surface area contributed by atoms with Gasteiger partial charge in [-0.3, -0.25) is 0 Å². The van der Waals surface area contributed by atoms with Crippen LogP contribution in [0.2, 0.25) is 0 Å². The van der Waals surface area contributed by atoms with Crippen molar-refractivity contribution < 1.29 is 4.74 Å². The molecule has 0 aromatic heterocycles. The summed E-state index contributed by atoms with van der Waals surface area (Å²) >= 11 is 0. The Bertz CT molecular complexity index is 250. The molecule has 0 amide bonds. The van der Waals surface area contributed by atoms with Crippen LogP contribution in [0.4, 0.5) is 0 Å². The fraction of sp³-hybridized carbons (Fsp3) is 0.538. The maximum absolute atomic E-state index is 5.12. The fourth-order valence-corrected chi connectivity index (χ4v) is 1.41. The number of aryl methyl sites for hydroxylation is 1. The summed E-state index contributed by atoms with van der Waals surface area (Å²) < 4.78 is 5.12. The summed E-state index contributed by atoms with van der Waals surface area (Å²) in [5, 5.41) is 0. The van der Waals surface area contributed by atoms with Crippen LogP contribution in [-0.2, 0) is 6.42 Å². The molecule has 0 saturated heterocycles. The number of hydrogen-bond acceptors (Lipinski definition) is 1. The Morgan fingerprint density at radius 2 is 1.86 bits per heavy atom. The zero-order valence-corrected chi connectivity index (χ0v) is 9.42. The maximum atomic E-state index is 5.12. The van der Waals surface area contributed by atoms with E-state index in [1.807, 2.05) is 12.1 Å². The predicted octanol–water partition coefficient (Wildman–Crippen LogP) is 3.67. The predicted molar refractivity (Wildman–Crippen MR) is 60.8 cm³/mol.